The van der Waals surface area contributed by atoms with E-state index in [-0.39, 0.29) is 0 Å². The van der Waals surface area contributed by atoms with E-state index in [2.05, 4.69) is 44.1 Å². The maximum absolute atomic E-state index is 10.2. The summed E-state index contributed by atoms with van der Waals surface area (Å²) in [4.78, 5) is 4.64. The van der Waals surface area contributed by atoms with Gasteiger partial charge in [0.2, 0.25) is 0 Å². The van der Waals surface area contributed by atoms with Crippen LogP contribution in [-0.4, -0.2) is 28.5 Å². The van der Waals surface area contributed by atoms with Crippen LogP contribution < -0.4 is 3.58 Å². The van der Waals surface area contributed by atoms with E-state index >= 15 is 0 Å². The Labute approximate surface area is 148 Å². The molecule has 1 heterocycles. The first-order valence-electron chi connectivity index (χ1n) is 9.59. The van der Waals surface area contributed by atoms with Crippen molar-refractivity contribution >= 4 is 22.0 Å². The topological polar surface area (TPSA) is 33.1 Å². The number of rotatable bonds is 11. The van der Waals surface area contributed by atoms with Gasteiger partial charge in [0.25, 0.3) is 0 Å². The fourth-order valence-corrected chi connectivity index (χ4v) is 19.1. The fourth-order valence-electron chi connectivity index (χ4n) is 3.42. The Kier molecular flexibility index (Phi) is 9.13. The molecule has 2 nitrogen and oxygen atoms in total. The van der Waals surface area contributed by atoms with Gasteiger partial charge in [-0.2, -0.15) is 0 Å². The predicted molar refractivity (Wildman–Crippen MR) is 104 cm³/mol. The van der Waals surface area contributed by atoms with Gasteiger partial charge in [-0.25, -0.2) is 0 Å². The summed E-state index contributed by atoms with van der Waals surface area (Å²) >= 11 is -2.35. The molecule has 0 radical (unpaired) electrons. The fraction of sp³-hybridized carbons (Fsp3) is 0.750. The van der Waals surface area contributed by atoms with E-state index in [1.807, 2.05) is 13.8 Å². The summed E-state index contributed by atoms with van der Waals surface area (Å²) < 4.78 is 5.99. The van der Waals surface area contributed by atoms with Gasteiger partial charge in [0, 0.05) is 0 Å². The summed E-state index contributed by atoms with van der Waals surface area (Å²) in [6, 6.07) is 4.39. The van der Waals surface area contributed by atoms with Crippen LogP contribution in [0.3, 0.4) is 0 Å². The molecule has 1 aromatic rings. The molecule has 0 saturated heterocycles. The van der Waals surface area contributed by atoms with Gasteiger partial charge in [-0.15, -0.1) is 0 Å². The number of nitrogens with zero attached hydrogens (tertiary/aromatic N) is 1. The first kappa shape index (κ1) is 21.0. The van der Waals surface area contributed by atoms with E-state index in [0.717, 1.165) is 5.69 Å². The molecule has 3 heteroatoms. The third kappa shape index (κ3) is 6.37. The van der Waals surface area contributed by atoms with Gasteiger partial charge in [0.15, 0.2) is 0 Å². The van der Waals surface area contributed by atoms with E-state index in [1.54, 1.807) is 3.58 Å². The zero-order valence-corrected chi connectivity index (χ0v) is 18.8. The molecule has 0 spiro atoms. The van der Waals surface area contributed by atoms with Gasteiger partial charge < -0.3 is 0 Å². The summed E-state index contributed by atoms with van der Waals surface area (Å²) in [5.74, 6) is 0. The Morgan fingerprint density at radius 2 is 1.39 bits per heavy atom. The van der Waals surface area contributed by atoms with Gasteiger partial charge >= 0.3 is 148 Å². The summed E-state index contributed by atoms with van der Waals surface area (Å²) in [6.07, 6.45) is 10.1. The van der Waals surface area contributed by atoms with Gasteiger partial charge in [-0.3, -0.25) is 0 Å². The van der Waals surface area contributed by atoms with Crippen LogP contribution >= 0.6 is 0 Å². The monoisotopic (exact) mass is 427 g/mol. The van der Waals surface area contributed by atoms with Crippen molar-refractivity contribution in [3.05, 3.63) is 24.0 Å². The zero-order valence-electron chi connectivity index (χ0n) is 16.0. The predicted octanol–water partition coefficient (Wildman–Crippen LogP) is 5.37. The number of aliphatic hydroxyl groups is 1. The Hall–Kier alpha value is -0.0913. The van der Waals surface area contributed by atoms with Gasteiger partial charge in [-0.1, -0.05) is 0 Å². The molecule has 0 atom stereocenters. The zero-order chi connectivity index (χ0) is 17.3. The summed E-state index contributed by atoms with van der Waals surface area (Å²) in [5, 5.41) is 10.2. The van der Waals surface area contributed by atoms with Crippen LogP contribution in [0.25, 0.3) is 0 Å². The van der Waals surface area contributed by atoms with Crippen LogP contribution in [0.5, 0.6) is 0 Å². The van der Waals surface area contributed by atoms with Crippen LogP contribution in [0, 0.1) is 0 Å². The average Bonchev–Trinajstić information content (AvgIpc) is 2.54. The number of hydrogen-bond donors (Lipinski definition) is 1. The summed E-state index contributed by atoms with van der Waals surface area (Å²) in [5.41, 5.74) is -0.0459. The summed E-state index contributed by atoms with van der Waals surface area (Å²) in [6.45, 7) is 10.6. The normalized spacial score (nSPS) is 12.6. The molecule has 1 N–H and O–H groups in total. The number of unbranched alkanes of at least 4 members (excludes halogenated alkanes) is 3. The minimum atomic E-state index is -2.35. The van der Waals surface area contributed by atoms with Crippen molar-refractivity contribution in [1.82, 2.24) is 4.98 Å². The van der Waals surface area contributed by atoms with Crippen molar-refractivity contribution in [1.29, 1.82) is 0 Å². The second-order valence-electron chi connectivity index (χ2n) is 7.58. The molecule has 0 aliphatic rings. The van der Waals surface area contributed by atoms with Crippen molar-refractivity contribution in [3.8, 4) is 0 Å². The van der Waals surface area contributed by atoms with Crippen LogP contribution in [0.1, 0.15) is 78.8 Å². The molecule has 132 valence electrons. The molecule has 0 fully saturated rings. The molecule has 0 aliphatic carbocycles. The van der Waals surface area contributed by atoms with Gasteiger partial charge in [-0.05, 0) is 0 Å². The summed E-state index contributed by atoms with van der Waals surface area (Å²) in [7, 11) is 0. The van der Waals surface area contributed by atoms with Crippen molar-refractivity contribution in [2.75, 3.05) is 0 Å². The Bertz CT molecular complexity index is 414. The molecule has 1 aromatic heterocycles. The van der Waals surface area contributed by atoms with E-state index < -0.39 is 24.0 Å². The molecule has 1 rings (SSSR count). The molecule has 0 unspecified atom stereocenters. The van der Waals surface area contributed by atoms with Gasteiger partial charge in [0.1, 0.15) is 0 Å². The minimum absolute atomic E-state index is 0.794. The molecule has 0 aromatic carbocycles. The number of aromatic nitrogens is 1. The van der Waals surface area contributed by atoms with E-state index in [0.29, 0.717) is 0 Å². The number of pyridine rings is 1. The molecule has 23 heavy (non-hydrogen) atoms. The SMILES string of the molecule is CCC[CH2][Sn]([CH2]CCC)([CH2]CCC)[c]1ccc(C(C)(C)O)nc1. The van der Waals surface area contributed by atoms with E-state index in [9.17, 15) is 5.11 Å². The molecular formula is C20H37NOSn. The van der Waals surface area contributed by atoms with E-state index in [4.69, 9.17) is 0 Å². The molecule has 0 bridgehead atoms. The average molecular weight is 426 g/mol. The second-order valence-corrected chi connectivity index (χ2v) is 20.8. The van der Waals surface area contributed by atoms with Crippen molar-refractivity contribution in [2.24, 2.45) is 0 Å². The first-order valence-corrected chi connectivity index (χ1v) is 17.1. The third-order valence-corrected chi connectivity index (χ3v) is 20.6. The van der Waals surface area contributed by atoms with Crippen molar-refractivity contribution < 1.29 is 5.11 Å². The number of hydrogen-bond acceptors (Lipinski definition) is 2. The molecule has 0 aliphatic heterocycles. The standard InChI is InChI=1S/C8H10NO.3C4H9.Sn/c1-8(2,10)7-5-3-4-6-9-7;3*1-3-4-2;/h3,5-6,10H,1-2H3;3*1,3-4H2,2H3;. The molecular weight excluding hydrogens is 389 g/mol. The molecule has 0 amide bonds. The van der Waals surface area contributed by atoms with Crippen LogP contribution in [0.2, 0.25) is 13.3 Å². The van der Waals surface area contributed by atoms with Gasteiger partial charge in [0.05, 0.1) is 0 Å². The molecule has 0 saturated carbocycles. The first-order chi connectivity index (χ1) is 10.9. The Morgan fingerprint density at radius 1 is 0.913 bits per heavy atom. The second kappa shape index (κ2) is 10.0. The van der Waals surface area contributed by atoms with Crippen LogP contribution in [0.15, 0.2) is 18.3 Å². The van der Waals surface area contributed by atoms with Crippen molar-refractivity contribution in [2.45, 2.75) is 92.1 Å². The Balaban J connectivity index is 3.12. The quantitative estimate of drug-likeness (QED) is 0.483. The van der Waals surface area contributed by atoms with Crippen molar-refractivity contribution in [3.63, 3.8) is 0 Å². The van der Waals surface area contributed by atoms with E-state index in [1.165, 1.54) is 51.8 Å². The van der Waals surface area contributed by atoms with Crippen LogP contribution in [-0.2, 0) is 5.60 Å². The maximum atomic E-state index is 10.2. The Morgan fingerprint density at radius 3 is 1.70 bits per heavy atom. The third-order valence-electron chi connectivity index (χ3n) is 5.03. The van der Waals surface area contributed by atoms with Crippen LogP contribution in [0.4, 0.5) is 0 Å².